The van der Waals surface area contributed by atoms with E-state index in [1.165, 1.54) is 7.11 Å². The van der Waals surface area contributed by atoms with Crippen molar-refractivity contribution >= 4 is 11.8 Å². The molecule has 4 nitrogen and oxygen atoms in total. The topological polar surface area (TPSA) is 46.6 Å². The maximum absolute atomic E-state index is 12.6. The van der Waals surface area contributed by atoms with Gasteiger partial charge >= 0.3 is 5.97 Å². The standard InChI is InChI=1S/C20H25NO3/c1-3-4-8-15-11-16-12-21(13-17(16)19(15)22)18(20(23)24-2)14-9-6-5-7-10-14/h5-7,9-11,16-18H,3-4,8,12-13H2,1-2H3/t16-,17+,18?/m0/s1. The van der Waals surface area contributed by atoms with Gasteiger partial charge in [-0.3, -0.25) is 9.69 Å². The first-order valence-electron chi connectivity index (χ1n) is 8.77. The lowest BCUT2D eigenvalue weighted by Crippen LogP contribution is -2.34. The number of hydrogen-bond donors (Lipinski definition) is 0. The van der Waals surface area contributed by atoms with Crippen molar-refractivity contribution in [1.82, 2.24) is 4.90 Å². The fourth-order valence-electron chi connectivity index (χ4n) is 3.91. The van der Waals surface area contributed by atoms with Crippen LogP contribution >= 0.6 is 0 Å². The Balaban J connectivity index is 1.78. The molecule has 1 aromatic rings. The number of carbonyl (C=O) groups excluding carboxylic acids is 2. The zero-order valence-electron chi connectivity index (χ0n) is 14.4. The van der Waals surface area contributed by atoms with Gasteiger partial charge in [-0.05, 0) is 24.0 Å². The number of nitrogens with zero attached hydrogens (tertiary/aromatic N) is 1. The van der Waals surface area contributed by atoms with E-state index in [2.05, 4.69) is 17.9 Å². The minimum absolute atomic E-state index is 0.00715. The van der Waals surface area contributed by atoms with Gasteiger partial charge < -0.3 is 4.74 Å². The number of methoxy groups -OCH3 is 1. The van der Waals surface area contributed by atoms with Crippen LogP contribution in [0, 0.1) is 11.8 Å². The summed E-state index contributed by atoms with van der Waals surface area (Å²) < 4.78 is 5.02. The molecule has 4 heteroatoms. The molecular weight excluding hydrogens is 302 g/mol. The third-order valence-corrected chi connectivity index (χ3v) is 5.17. The lowest BCUT2D eigenvalue weighted by atomic mass is 9.97. The Hall–Kier alpha value is -1.94. The number of hydrogen-bond acceptors (Lipinski definition) is 4. The third-order valence-electron chi connectivity index (χ3n) is 5.17. The van der Waals surface area contributed by atoms with Crippen molar-refractivity contribution in [2.45, 2.75) is 32.2 Å². The summed E-state index contributed by atoms with van der Waals surface area (Å²) in [7, 11) is 1.42. The number of carbonyl (C=O) groups is 2. The summed E-state index contributed by atoms with van der Waals surface area (Å²) in [5.74, 6) is 0.268. The van der Waals surface area contributed by atoms with Crippen molar-refractivity contribution in [1.29, 1.82) is 0 Å². The van der Waals surface area contributed by atoms with E-state index in [1.54, 1.807) is 0 Å². The molecule has 1 heterocycles. The minimum Gasteiger partial charge on any atom is -0.468 e. The van der Waals surface area contributed by atoms with E-state index in [9.17, 15) is 9.59 Å². The SMILES string of the molecule is CCCCC1=C[C@H]2CN(C(C(=O)OC)c3ccccc3)C[C@H]2C1=O. The van der Waals surface area contributed by atoms with Crippen LogP contribution in [0.5, 0.6) is 0 Å². The van der Waals surface area contributed by atoms with E-state index in [-0.39, 0.29) is 23.6 Å². The molecule has 0 bridgehead atoms. The normalized spacial score (nSPS) is 24.6. The van der Waals surface area contributed by atoms with Crippen LogP contribution in [0.15, 0.2) is 42.0 Å². The monoisotopic (exact) mass is 327 g/mol. The highest BCUT2D eigenvalue weighted by molar-refractivity contribution is 6.00. The lowest BCUT2D eigenvalue weighted by molar-refractivity contribution is -0.147. The van der Waals surface area contributed by atoms with E-state index in [0.29, 0.717) is 6.54 Å². The highest BCUT2D eigenvalue weighted by atomic mass is 16.5. The zero-order chi connectivity index (χ0) is 17.1. The molecule has 1 fully saturated rings. The molecule has 1 saturated heterocycles. The zero-order valence-corrected chi connectivity index (χ0v) is 14.4. The first kappa shape index (κ1) is 16.9. The number of likely N-dealkylation sites (tertiary alicyclic amines) is 1. The highest BCUT2D eigenvalue weighted by Crippen LogP contribution is 2.39. The van der Waals surface area contributed by atoms with Gasteiger partial charge in [-0.25, -0.2) is 4.79 Å². The fourth-order valence-corrected chi connectivity index (χ4v) is 3.91. The largest absolute Gasteiger partial charge is 0.468 e. The number of ether oxygens (including phenoxy) is 1. The molecule has 128 valence electrons. The number of rotatable bonds is 6. The molecule has 1 aromatic carbocycles. The number of ketones is 1. The van der Waals surface area contributed by atoms with Gasteiger partial charge in [-0.15, -0.1) is 0 Å². The van der Waals surface area contributed by atoms with Gasteiger partial charge in [0.05, 0.1) is 7.11 Å². The highest BCUT2D eigenvalue weighted by Gasteiger charge is 2.45. The molecule has 2 aliphatic rings. The number of unbranched alkanes of at least 4 members (excludes halogenated alkanes) is 1. The van der Waals surface area contributed by atoms with Gasteiger partial charge in [-0.1, -0.05) is 49.8 Å². The van der Waals surface area contributed by atoms with E-state index in [1.807, 2.05) is 30.3 Å². The van der Waals surface area contributed by atoms with Gasteiger partial charge in [-0.2, -0.15) is 0 Å². The summed E-state index contributed by atoms with van der Waals surface area (Å²) in [4.78, 5) is 27.1. The van der Waals surface area contributed by atoms with Crippen LogP contribution in [-0.4, -0.2) is 36.9 Å². The Morgan fingerprint density at radius 3 is 2.67 bits per heavy atom. The second kappa shape index (κ2) is 7.31. The fraction of sp³-hybridized carbons (Fsp3) is 0.500. The van der Waals surface area contributed by atoms with Crippen LogP contribution in [0.3, 0.4) is 0 Å². The molecule has 24 heavy (non-hydrogen) atoms. The van der Waals surface area contributed by atoms with E-state index >= 15 is 0 Å². The Morgan fingerprint density at radius 1 is 1.29 bits per heavy atom. The van der Waals surface area contributed by atoms with Crippen LogP contribution < -0.4 is 0 Å². The first-order valence-corrected chi connectivity index (χ1v) is 8.77. The van der Waals surface area contributed by atoms with Gasteiger partial charge in [0.25, 0.3) is 0 Å². The number of fused-ring (bicyclic) bond motifs is 1. The van der Waals surface area contributed by atoms with Gasteiger partial charge in [0.15, 0.2) is 5.78 Å². The number of Topliss-reactive ketones (excluding diaryl/α,β-unsaturated/α-hetero) is 1. The molecular formula is C20H25NO3. The summed E-state index contributed by atoms with van der Waals surface area (Å²) in [6, 6.07) is 9.25. The Bertz CT molecular complexity index is 638. The molecule has 1 aliphatic heterocycles. The second-order valence-corrected chi connectivity index (χ2v) is 6.72. The predicted octanol–water partition coefficient (Wildman–Crippen LogP) is 3.15. The minimum atomic E-state index is -0.429. The van der Waals surface area contributed by atoms with Gasteiger partial charge in [0.1, 0.15) is 6.04 Å². The molecule has 0 N–H and O–H groups in total. The molecule has 0 spiro atoms. The molecule has 0 aromatic heterocycles. The quantitative estimate of drug-likeness (QED) is 0.753. The molecule has 3 rings (SSSR count). The van der Waals surface area contributed by atoms with Crippen molar-refractivity contribution < 1.29 is 14.3 Å². The maximum atomic E-state index is 12.6. The Kier molecular flexibility index (Phi) is 5.14. The summed E-state index contributed by atoms with van der Waals surface area (Å²) in [6.07, 6.45) is 5.21. The van der Waals surface area contributed by atoms with E-state index < -0.39 is 6.04 Å². The van der Waals surface area contributed by atoms with E-state index in [0.717, 1.165) is 36.9 Å². The average molecular weight is 327 g/mol. The summed E-state index contributed by atoms with van der Waals surface area (Å²) in [6.45, 7) is 3.51. The second-order valence-electron chi connectivity index (χ2n) is 6.72. The van der Waals surface area contributed by atoms with Crippen molar-refractivity contribution in [3.63, 3.8) is 0 Å². The third kappa shape index (κ3) is 3.16. The van der Waals surface area contributed by atoms with Crippen LogP contribution in [-0.2, 0) is 14.3 Å². The average Bonchev–Trinajstić information content (AvgIpc) is 3.13. The number of benzene rings is 1. The van der Waals surface area contributed by atoms with Crippen molar-refractivity contribution in [2.75, 3.05) is 20.2 Å². The molecule has 3 atom stereocenters. The molecule has 0 saturated carbocycles. The lowest BCUT2D eigenvalue weighted by Gasteiger charge is -2.26. The predicted molar refractivity (Wildman–Crippen MR) is 92.4 cm³/mol. The Labute approximate surface area is 143 Å². The molecule has 0 amide bonds. The maximum Gasteiger partial charge on any atom is 0.327 e. The van der Waals surface area contributed by atoms with E-state index in [4.69, 9.17) is 4.74 Å². The Morgan fingerprint density at radius 2 is 2.04 bits per heavy atom. The van der Waals surface area contributed by atoms with Crippen LogP contribution in [0.2, 0.25) is 0 Å². The van der Waals surface area contributed by atoms with Crippen molar-refractivity contribution in [2.24, 2.45) is 11.8 Å². The molecule has 1 aliphatic carbocycles. The summed E-state index contributed by atoms with van der Waals surface area (Å²) in [5, 5.41) is 0. The number of esters is 1. The van der Waals surface area contributed by atoms with Gasteiger partial charge in [0, 0.05) is 24.9 Å². The van der Waals surface area contributed by atoms with Crippen molar-refractivity contribution in [3.8, 4) is 0 Å². The first-order chi connectivity index (χ1) is 11.7. The summed E-state index contributed by atoms with van der Waals surface area (Å²) >= 11 is 0. The smallest absolute Gasteiger partial charge is 0.327 e. The van der Waals surface area contributed by atoms with Crippen molar-refractivity contribution in [3.05, 3.63) is 47.5 Å². The van der Waals surface area contributed by atoms with Crippen LogP contribution in [0.4, 0.5) is 0 Å². The summed E-state index contributed by atoms with van der Waals surface area (Å²) in [5.41, 5.74) is 1.92. The van der Waals surface area contributed by atoms with Gasteiger partial charge in [0.2, 0.25) is 0 Å². The van der Waals surface area contributed by atoms with Crippen LogP contribution in [0.1, 0.15) is 37.8 Å². The van der Waals surface area contributed by atoms with Crippen LogP contribution in [0.25, 0.3) is 0 Å². The molecule has 1 unspecified atom stereocenters. The number of allylic oxidation sites excluding steroid dienone is 1. The molecule has 0 radical (unpaired) electrons.